The molecule has 0 spiro atoms. The second-order valence-electron chi connectivity index (χ2n) is 4.76. The van der Waals surface area contributed by atoms with E-state index >= 15 is 0 Å². The van der Waals surface area contributed by atoms with Gasteiger partial charge in [0.2, 0.25) is 0 Å². The minimum absolute atomic E-state index is 0.106. The van der Waals surface area contributed by atoms with E-state index in [0.29, 0.717) is 34.0 Å². The summed E-state index contributed by atoms with van der Waals surface area (Å²) in [7, 11) is 0. The van der Waals surface area contributed by atoms with Crippen molar-refractivity contribution in [3.05, 3.63) is 40.5 Å². The zero-order valence-electron chi connectivity index (χ0n) is 10.3. The first kappa shape index (κ1) is 13.6. The average molecular weight is 346 g/mol. The molecule has 0 atom stereocenters. The van der Waals surface area contributed by atoms with Crippen LogP contribution in [0.15, 0.2) is 34.7 Å². The molecule has 1 fully saturated rings. The van der Waals surface area contributed by atoms with E-state index in [1.807, 2.05) is 0 Å². The second kappa shape index (κ2) is 5.21. The van der Waals surface area contributed by atoms with E-state index in [0.717, 1.165) is 0 Å². The van der Waals surface area contributed by atoms with E-state index < -0.39 is 0 Å². The van der Waals surface area contributed by atoms with Crippen LogP contribution in [0.1, 0.15) is 12.8 Å². The topological polar surface area (TPSA) is 68.2 Å². The molecule has 0 unspecified atom stereocenters. The van der Waals surface area contributed by atoms with Gasteiger partial charge >= 0.3 is 0 Å². The van der Waals surface area contributed by atoms with Crippen LogP contribution in [0.2, 0.25) is 0 Å². The molecule has 0 bridgehead atoms. The molecule has 1 aromatic carbocycles. The van der Waals surface area contributed by atoms with E-state index in [1.165, 1.54) is 23.3 Å². The van der Waals surface area contributed by atoms with E-state index in [1.54, 1.807) is 6.20 Å². The summed E-state index contributed by atoms with van der Waals surface area (Å²) < 4.78 is 13.5. The molecule has 6 nitrogen and oxygen atoms in total. The summed E-state index contributed by atoms with van der Waals surface area (Å²) in [6.07, 6.45) is 2.53. The SMILES string of the molecule is OC1CC(NC2=CN(c3ccc(F)c(Br)c3)ON2O)C1. The molecule has 1 aromatic rings. The molecule has 1 saturated carbocycles. The first-order chi connectivity index (χ1) is 9.52. The molecular weight excluding hydrogens is 333 g/mol. The summed E-state index contributed by atoms with van der Waals surface area (Å²) in [5, 5.41) is 23.8. The van der Waals surface area contributed by atoms with Crippen molar-refractivity contribution in [3.63, 3.8) is 0 Å². The van der Waals surface area contributed by atoms with Crippen molar-refractivity contribution >= 4 is 21.6 Å². The van der Waals surface area contributed by atoms with Gasteiger partial charge in [-0.15, -0.1) is 4.94 Å². The number of hydroxylamine groups is 3. The molecule has 8 heteroatoms. The van der Waals surface area contributed by atoms with Gasteiger partial charge in [0.05, 0.1) is 22.5 Å². The summed E-state index contributed by atoms with van der Waals surface area (Å²) >= 11 is 3.09. The molecule has 0 aromatic heterocycles. The summed E-state index contributed by atoms with van der Waals surface area (Å²) in [5.41, 5.74) is 0.558. The molecule has 108 valence electrons. The molecule has 1 aliphatic heterocycles. The zero-order chi connectivity index (χ0) is 14.3. The smallest absolute Gasteiger partial charge is 0.179 e. The zero-order valence-corrected chi connectivity index (χ0v) is 11.9. The minimum Gasteiger partial charge on any atom is -0.393 e. The lowest BCUT2D eigenvalue weighted by Crippen LogP contribution is -2.45. The van der Waals surface area contributed by atoms with Gasteiger partial charge in [0.25, 0.3) is 0 Å². The van der Waals surface area contributed by atoms with Crippen LogP contribution in [0, 0.1) is 5.82 Å². The van der Waals surface area contributed by atoms with E-state index in [4.69, 9.17) is 4.94 Å². The highest BCUT2D eigenvalue weighted by Crippen LogP contribution is 2.28. The van der Waals surface area contributed by atoms with Crippen molar-refractivity contribution in [2.75, 3.05) is 5.06 Å². The van der Waals surface area contributed by atoms with Crippen LogP contribution in [-0.4, -0.2) is 27.7 Å². The molecule has 2 aliphatic rings. The van der Waals surface area contributed by atoms with Gasteiger partial charge in [-0.3, -0.25) is 5.21 Å². The van der Waals surface area contributed by atoms with Crippen LogP contribution in [0.25, 0.3) is 0 Å². The fourth-order valence-corrected chi connectivity index (χ4v) is 2.43. The highest BCUT2D eigenvalue weighted by molar-refractivity contribution is 9.10. The van der Waals surface area contributed by atoms with Crippen molar-refractivity contribution in [1.82, 2.24) is 10.5 Å². The Labute approximate surface area is 123 Å². The van der Waals surface area contributed by atoms with Gasteiger partial charge < -0.3 is 10.4 Å². The van der Waals surface area contributed by atoms with Crippen LogP contribution >= 0.6 is 15.9 Å². The van der Waals surface area contributed by atoms with Gasteiger partial charge in [-0.05, 0) is 47.0 Å². The molecule has 1 aliphatic carbocycles. The number of benzene rings is 1. The van der Waals surface area contributed by atoms with Gasteiger partial charge in [-0.25, -0.2) is 4.39 Å². The minimum atomic E-state index is -0.375. The highest BCUT2D eigenvalue weighted by atomic mass is 79.9. The summed E-state index contributed by atoms with van der Waals surface area (Å²) in [4.78, 5) is 5.11. The molecular formula is C12H13BrFN3O3. The maximum atomic E-state index is 13.2. The summed E-state index contributed by atoms with van der Waals surface area (Å²) in [6, 6.07) is 4.47. The Morgan fingerprint density at radius 1 is 1.40 bits per heavy atom. The monoisotopic (exact) mass is 345 g/mol. The largest absolute Gasteiger partial charge is 0.393 e. The predicted molar refractivity (Wildman–Crippen MR) is 71.5 cm³/mol. The standard InChI is InChI=1S/C12H13BrFN3O3/c13-10-5-8(1-2-11(10)14)16-6-12(17(19)20-16)15-7-3-9(18)4-7/h1-2,5-7,9,15,18-19H,3-4H2. The van der Waals surface area contributed by atoms with Gasteiger partial charge in [-0.1, -0.05) is 5.23 Å². The third-order valence-electron chi connectivity index (χ3n) is 3.23. The molecule has 3 N–H and O–H groups in total. The Kier molecular flexibility index (Phi) is 3.55. The van der Waals surface area contributed by atoms with Crippen LogP contribution in [0.5, 0.6) is 0 Å². The lowest BCUT2D eigenvalue weighted by Gasteiger charge is -2.33. The van der Waals surface area contributed by atoms with Crippen LogP contribution in [0.4, 0.5) is 10.1 Å². The number of rotatable bonds is 3. The van der Waals surface area contributed by atoms with Crippen LogP contribution in [0.3, 0.4) is 0 Å². The van der Waals surface area contributed by atoms with Gasteiger partial charge in [0.1, 0.15) is 5.82 Å². The Balaban J connectivity index is 1.72. The average Bonchev–Trinajstić information content (AvgIpc) is 2.73. The second-order valence-corrected chi connectivity index (χ2v) is 5.61. The predicted octanol–water partition coefficient (Wildman–Crippen LogP) is 1.86. The normalized spacial score (nSPS) is 25.5. The lowest BCUT2D eigenvalue weighted by molar-refractivity contribution is -0.307. The maximum Gasteiger partial charge on any atom is 0.179 e. The number of hydrogen-bond acceptors (Lipinski definition) is 6. The van der Waals surface area contributed by atoms with Crippen molar-refractivity contribution in [3.8, 4) is 0 Å². The fourth-order valence-electron chi connectivity index (χ4n) is 2.06. The Morgan fingerprint density at radius 3 is 2.80 bits per heavy atom. The molecule has 20 heavy (non-hydrogen) atoms. The highest BCUT2D eigenvalue weighted by Gasteiger charge is 2.31. The summed E-state index contributed by atoms with van der Waals surface area (Å²) in [5.74, 6) is -0.0121. The van der Waals surface area contributed by atoms with E-state index in [2.05, 4.69) is 21.2 Å². The molecule has 3 rings (SSSR count). The van der Waals surface area contributed by atoms with E-state index in [-0.39, 0.29) is 18.0 Å². The van der Waals surface area contributed by atoms with Crippen LogP contribution in [-0.2, 0) is 4.94 Å². The fraction of sp³-hybridized carbons (Fsp3) is 0.333. The number of hydrogen-bond donors (Lipinski definition) is 3. The molecule has 1 heterocycles. The third-order valence-corrected chi connectivity index (χ3v) is 3.84. The third kappa shape index (κ3) is 2.59. The number of aliphatic hydroxyl groups excluding tert-OH is 1. The Hall–Kier alpha value is -1.35. The summed E-state index contributed by atoms with van der Waals surface area (Å²) in [6.45, 7) is 0. The van der Waals surface area contributed by atoms with Crippen molar-refractivity contribution in [1.29, 1.82) is 0 Å². The number of anilines is 1. The van der Waals surface area contributed by atoms with Crippen molar-refractivity contribution in [2.24, 2.45) is 0 Å². The Bertz CT molecular complexity index is 551. The van der Waals surface area contributed by atoms with E-state index in [9.17, 15) is 14.7 Å². The Morgan fingerprint density at radius 2 is 2.15 bits per heavy atom. The van der Waals surface area contributed by atoms with Gasteiger partial charge in [-0.2, -0.15) is 5.06 Å². The number of halogens is 2. The quantitative estimate of drug-likeness (QED) is 0.776. The molecule has 0 amide bonds. The van der Waals surface area contributed by atoms with Crippen molar-refractivity contribution < 1.29 is 19.6 Å². The number of nitrogens with zero attached hydrogens (tertiary/aromatic N) is 2. The first-order valence-electron chi connectivity index (χ1n) is 6.11. The molecule has 0 saturated heterocycles. The van der Waals surface area contributed by atoms with Gasteiger partial charge in [0.15, 0.2) is 5.82 Å². The number of aliphatic hydroxyl groups is 1. The molecule has 0 radical (unpaired) electrons. The van der Waals surface area contributed by atoms with Crippen molar-refractivity contribution in [2.45, 2.75) is 25.0 Å². The number of nitrogens with one attached hydrogen (secondary N) is 1. The lowest BCUT2D eigenvalue weighted by atomic mass is 9.90. The first-order valence-corrected chi connectivity index (χ1v) is 6.90. The maximum absolute atomic E-state index is 13.2. The van der Waals surface area contributed by atoms with Gasteiger partial charge in [0, 0.05) is 6.04 Å². The van der Waals surface area contributed by atoms with Crippen LogP contribution < -0.4 is 10.4 Å².